The zero-order chi connectivity index (χ0) is 18.1. The third kappa shape index (κ3) is 2.31. The van der Waals surface area contributed by atoms with E-state index in [0.717, 1.165) is 22.6 Å². The number of ether oxygens (including phenoxy) is 1. The molecule has 2 atom stereocenters. The van der Waals surface area contributed by atoms with Crippen molar-refractivity contribution < 1.29 is 9.53 Å². The second-order valence-corrected chi connectivity index (χ2v) is 6.72. The molecule has 0 unspecified atom stereocenters. The maximum absolute atomic E-state index is 13.4. The van der Waals surface area contributed by atoms with Gasteiger partial charge in [0.25, 0.3) is 0 Å². The number of nitrogens with zero attached hydrogens (tertiary/aromatic N) is 1. The molecule has 3 aromatic rings. The molecule has 1 fully saturated rings. The number of benzene rings is 3. The molecule has 0 saturated carbocycles. The summed E-state index contributed by atoms with van der Waals surface area (Å²) >= 11 is 0. The van der Waals surface area contributed by atoms with Crippen molar-refractivity contribution in [3.63, 3.8) is 0 Å². The Labute approximate surface area is 153 Å². The van der Waals surface area contributed by atoms with Crippen LogP contribution in [0.15, 0.2) is 84.9 Å². The van der Waals surface area contributed by atoms with E-state index in [0.29, 0.717) is 0 Å². The molecule has 1 heterocycles. The Bertz CT molecular complexity index is 923. The molecule has 0 spiro atoms. The SMILES string of the molecule is COc1ccccc1[C@H]1N(c2ccccc2)C(=O)[C@]1(C)c1ccccc1. The van der Waals surface area contributed by atoms with Crippen LogP contribution in [0.2, 0.25) is 0 Å². The summed E-state index contributed by atoms with van der Waals surface area (Å²) in [6, 6.07) is 27.7. The number of hydrogen-bond acceptors (Lipinski definition) is 2. The minimum absolute atomic E-state index is 0.103. The summed E-state index contributed by atoms with van der Waals surface area (Å²) in [6.45, 7) is 2.03. The van der Waals surface area contributed by atoms with Gasteiger partial charge in [-0.3, -0.25) is 4.79 Å². The number of amides is 1. The number of hydrogen-bond donors (Lipinski definition) is 0. The lowest BCUT2D eigenvalue weighted by atomic mass is 9.64. The fourth-order valence-corrected chi connectivity index (χ4v) is 3.94. The van der Waals surface area contributed by atoms with Crippen LogP contribution in [0.3, 0.4) is 0 Å². The molecular formula is C23H21NO2. The number of β-lactam (4-membered cyclic amide) rings is 1. The first-order valence-electron chi connectivity index (χ1n) is 8.75. The molecule has 1 saturated heterocycles. The molecule has 0 N–H and O–H groups in total. The molecule has 1 amide bonds. The van der Waals surface area contributed by atoms with Crippen molar-refractivity contribution in [2.75, 3.05) is 12.0 Å². The predicted molar refractivity (Wildman–Crippen MR) is 103 cm³/mol. The fraction of sp³-hybridized carbons (Fsp3) is 0.174. The van der Waals surface area contributed by atoms with Crippen molar-refractivity contribution in [3.8, 4) is 5.75 Å². The van der Waals surface area contributed by atoms with E-state index in [2.05, 4.69) is 0 Å². The van der Waals surface area contributed by atoms with Crippen LogP contribution in [-0.2, 0) is 10.2 Å². The predicted octanol–water partition coefficient (Wildman–Crippen LogP) is 4.74. The molecule has 3 heteroatoms. The normalized spacial score (nSPS) is 22.0. The van der Waals surface area contributed by atoms with Crippen LogP contribution >= 0.6 is 0 Å². The van der Waals surface area contributed by atoms with Gasteiger partial charge in [0.05, 0.1) is 18.6 Å². The van der Waals surface area contributed by atoms with Gasteiger partial charge in [0.15, 0.2) is 0 Å². The van der Waals surface area contributed by atoms with E-state index in [1.807, 2.05) is 96.8 Å². The second kappa shape index (κ2) is 6.34. The lowest BCUT2D eigenvalue weighted by molar-refractivity contribution is -0.132. The molecule has 3 aromatic carbocycles. The van der Waals surface area contributed by atoms with Crippen molar-refractivity contribution in [1.29, 1.82) is 0 Å². The minimum Gasteiger partial charge on any atom is -0.496 e. The van der Waals surface area contributed by atoms with Crippen LogP contribution in [0, 0.1) is 0 Å². The minimum atomic E-state index is -0.633. The molecule has 26 heavy (non-hydrogen) atoms. The van der Waals surface area contributed by atoms with E-state index in [9.17, 15) is 4.79 Å². The van der Waals surface area contributed by atoms with E-state index in [-0.39, 0.29) is 11.9 Å². The van der Waals surface area contributed by atoms with Crippen molar-refractivity contribution in [2.45, 2.75) is 18.4 Å². The molecule has 130 valence electrons. The summed E-state index contributed by atoms with van der Waals surface area (Å²) in [4.78, 5) is 15.2. The van der Waals surface area contributed by atoms with Crippen molar-refractivity contribution in [3.05, 3.63) is 96.1 Å². The molecule has 3 nitrogen and oxygen atoms in total. The molecule has 0 aliphatic carbocycles. The van der Waals surface area contributed by atoms with Crippen LogP contribution in [0.5, 0.6) is 5.75 Å². The molecule has 1 aliphatic heterocycles. The van der Waals surface area contributed by atoms with Gasteiger partial charge in [-0.1, -0.05) is 66.7 Å². The van der Waals surface area contributed by atoms with Gasteiger partial charge in [0.2, 0.25) is 5.91 Å². The van der Waals surface area contributed by atoms with Crippen LogP contribution < -0.4 is 9.64 Å². The quantitative estimate of drug-likeness (QED) is 0.640. The summed E-state index contributed by atoms with van der Waals surface area (Å²) in [5, 5.41) is 0. The number of rotatable bonds is 4. The van der Waals surface area contributed by atoms with E-state index < -0.39 is 5.41 Å². The standard InChI is InChI=1S/C23H21NO2/c1-23(17-11-5-3-6-12-17)21(19-15-9-10-16-20(19)26-2)24(22(23)25)18-13-7-4-8-14-18/h3-16,21H,1-2H3/t21-,23-/m1/s1. The highest BCUT2D eigenvalue weighted by Crippen LogP contribution is 2.54. The topological polar surface area (TPSA) is 29.5 Å². The molecule has 0 aromatic heterocycles. The smallest absolute Gasteiger partial charge is 0.240 e. The average Bonchev–Trinajstić information content (AvgIpc) is 2.72. The highest BCUT2D eigenvalue weighted by atomic mass is 16.5. The maximum Gasteiger partial charge on any atom is 0.240 e. The monoisotopic (exact) mass is 343 g/mol. The van der Waals surface area contributed by atoms with Crippen LogP contribution in [0.4, 0.5) is 5.69 Å². The fourth-order valence-electron chi connectivity index (χ4n) is 3.94. The van der Waals surface area contributed by atoms with Gasteiger partial charge >= 0.3 is 0 Å². The lowest BCUT2D eigenvalue weighted by Crippen LogP contribution is -2.65. The number of methoxy groups -OCH3 is 1. The Hall–Kier alpha value is -3.07. The van der Waals surface area contributed by atoms with Gasteiger partial charge in [-0.05, 0) is 30.7 Å². The third-order valence-electron chi connectivity index (χ3n) is 5.31. The summed E-state index contributed by atoms with van der Waals surface area (Å²) in [5.41, 5.74) is 2.31. The maximum atomic E-state index is 13.4. The van der Waals surface area contributed by atoms with Gasteiger partial charge in [0.1, 0.15) is 5.75 Å². The zero-order valence-corrected chi connectivity index (χ0v) is 14.9. The number of anilines is 1. The number of para-hydroxylation sites is 2. The van der Waals surface area contributed by atoms with Crippen molar-refractivity contribution in [2.24, 2.45) is 0 Å². The number of carbonyl (C=O) groups excluding carboxylic acids is 1. The van der Waals surface area contributed by atoms with Gasteiger partial charge in [-0.25, -0.2) is 0 Å². The van der Waals surface area contributed by atoms with Crippen LogP contribution in [0.1, 0.15) is 24.1 Å². The van der Waals surface area contributed by atoms with E-state index >= 15 is 0 Å². The van der Waals surface area contributed by atoms with Crippen LogP contribution in [0.25, 0.3) is 0 Å². The first-order valence-corrected chi connectivity index (χ1v) is 8.75. The van der Waals surface area contributed by atoms with Gasteiger partial charge in [0, 0.05) is 11.3 Å². The summed E-state index contributed by atoms with van der Waals surface area (Å²) in [6.07, 6.45) is 0. The molecule has 0 bridgehead atoms. The Balaban J connectivity index is 1.89. The van der Waals surface area contributed by atoms with E-state index in [4.69, 9.17) is 4.74 Å². The van der Waals surface area contributed by atoms with Gasteiger partial charge in [-0.15, -0.1) is 0 Å². The highest BCUT2D eigenvalue weighted by Gasteiger charge is 2.60. The van der Waals surface area contributed by atoms with Gasteiger partial charge < -0.3 is 9.64 Å². The van der Waals surface area contributed by atoms with Crippen molar-refractivity contribution >= 4 is 11.6 Å². The highest BCUT2D eigenvalue weighted by molar-refractivity contribution is 6.10. The van der Waals surface area contributed by atoms with Gasteiger partial charge in [-0.2, -0.15) is 0 Å². The Kier molecular flexibility index (Phi) is 4.00. The largest absolute Gasteiger partial charge is 0.496 e. The number of carbonyl (C=O) groups is 1. The summed E-state index contributed by atoms with van der Waals surface area (Å²) in [5.74, 6) is 0.902. The molecule has 1 aliphatic rings. The Morgan fingerprint density at radius 3 is 2.08 bits per heavy atom. The third-order valence-corrected chi connectivity index (χ3v) is 5.31. The van der Waals surface area contributed by atoms with Crippen LogP contribution in [-0.4, -0.2) is 13.0 Å². The summed E-state index contributed by atoms with van der Waals surface area (Å²) in [7, 11) is 1.67. The second-order valence-electron chi connectivity index (χ2n) is 6.72. The lowest BCUT2D eigenvalue weighted by Gasteiger charge is -2.55. The zero-order valence-electron chi connectivity index (χ0n) is 14.9. The molecule has 4 rings (SSSR count). The Morgan fingerprint density at radius 2 is 1.42 bits per heavy atom. The first kappa shape index (κ1) is 16.4. The molecule has 0 radical (unpaired) electrons. The van der Waals surface area contributed by atoms with E-state index in [1.165, 1.54) is 0 Å². The van der Waals surface area contributed by atoms with Crippen molar-refractivity contribution in [1.82, 2.24) is 0 Å². The summed E-state index contributed by atoms with van der Waals surface area (Å²) < 4.78 is 5.61. The average molecular weight is 343 g/mol. The Morgan fingerprint density at radius 1 is 0.846 bits per heavy atom. The molecular weight excluding hydrogens is 322 g/mol. The first-order chi connectivity index (χ1) is 12.7. The van der Waals surface area contributed by atoms with E-state index in [1.54, 1.807) is 7.11 Å².